The Kier molecular flexibility index (Phi) is 3.26. The average molecular weight is 277 g/mol. The van der Waals surface area contributed by atoms with Crippen molar-refractivity contribution in [3.05, 3.63) is 23.3 Å². The molecule has 2 aliphatic rings. The lowest BCUT2D eigenvalue weighted by Crippen LogP contribution is -2.37. The first-order valence-corrected chi connectivity index (χ1v) is 7.45. The number of nitrogens with zero attached hydrogens (tertiary/aromatic N) is 2. The number of carbonyl (C=O) groups is 2. The van der Waals surface area contributed by atoms with Gasteiger partial charge in [-0.2, -0.15) is 0 Å². The molecule has 6 heteroatoms. The number of amides is 1. The Balaban J connectivity index is 1.77. The van der Waals surface area contributed by atoms with Crippen LogP contribution < -0.4 is 5.32 Å². The van der Waals surface area contributed by atoms with Crippen molar-refractivity contribution >= 4 is 22.8 Å². The lowest BCUT2D eigenvalue weighted by molar-refractivity contribution is -0.112. The van der Waals surface area contributed by atoms with Gasteiger partial charge in [-0.3, -0.25) is 9.59 Å². The molecule has 19 heavy (non-hydrogen) atoms. The number of hydrogen-bond acceptors (Lipinski definition) is 5. The Labute approximate surface area is 115 Å². The minimum atomic E-state index is -0.364. The van der Waals surface area contributed by atoms with Crippen LogP contribution in [0.3, 0.4) is 0 Å². The largest absolute Gasteiger partial charge is 0.340 e. The van der Waals surface area contributed by atoms with E-state index in [0.29, 0.717) is 18.0 Å². The van der Waals surface area contributed by atoms with Gasteiger partial charge in [-0.15, -0.1) is 0 Å². The zero-order chi connectivity index (χ0) is 13.4. The van der Waals surface area contributed by atoms with Crippen LogP contribution in [0, 0.1) is 6.92 Å². The zero-order valence-electron chi connectivity index (χ0n) is 10.7. The predicted molar refractivity (Wildman–Crippen MR) is 72.1 cm³/mol. The fourth-order valence-electron chi connectivity index (χ4n) is 2.09. The highest BCUT2D eigenvalue weighted by molar-refractivity contribution is 8.14. The monoisotopic (exact) mass is 277 g/mol. The molecule has 2 fully saturated rings. The van der Waals surface area contributed by atoms with E-state index in [1.807, 2.05) is 6.92 Å². The SMILES string of the molecule is Cc1cc(C(=O)NC2CCSC2=O)nc(C2CC2)n1. The van der Waals surface area contributed by atoms with Crippen molar-refractivity contribution in [2.75, 3.05) is 5.75 Å². The van der Waals surface area contributed by atoms with E-state index >= 15 is 0 Å². The second-order valence-electron chi connectivity index (χ2n) is 5.01. The lowest BCUT2D eigenvalue weighted by Gasteiger charge is -2.10. The summed E-state index contributed by atoms with van der Waals surface area (Å²) >= 11 is 1.28. The van der Waals surface area contributed by atoms with Crippen LogP contribution in [-0.4, -0.2) is 32.8 Å². The van der Waals surface area contributed by atoms with Gasteiger partial charge in [0.05, 0.1) is 6.04 Å². The number of thioether (sulfide) groups is 1. The van der Waals surface area contributed by atoms with Crippen LogP contribution in [0.5, 0.6) is 0 Å². The maximum Gasteiger partial charge on any atom is 0.270 e. The third-order valence-electron chi connectivity index (χ3n) is 3.29. The van der Waals surface area contributed by atoms with Gasteiger partial charge >= 0.3 is 0 Å². The molecule has 1 aliphatic heterocycles. The third kappa shape index (κ3) is 2.78. The summed E-state index contributed by atoms with van der Waals surface area (Å²) in [5.41, 5.74) is 1.17. The van der Waals surface area contributed by atoms with Crippen molar-refractivity contribution in [2.45, 2.75) is 38.1 Å². The van der Waals surface area contributed by atoms with E-state index in [0.717, 1.165) is 30.1 Å². The Hall–Kier alpha value is -1.43. The van der Waals surface area contributed by atoms with E-state index in [9.17, 15) is 9.59 Å². The molecule has 1 amide bonds. The molecule has 1 aromatic rings. The molecule has 0 radical (unpaired) electrons. The van der Waals surface area contributed by atoms with Gasteiger partial charge in [0, 0.05) is 17.4 Å². The quantitative estimate of drug-likeness (QED) is 0.904. The summed E-state index contributed by atoms with van der Waals surface area (Å²) in [5, 5.41) is 2.80. The topological polar surface area (TPSA) is 72.0 Å². The van der Waals surface area contributed by atoms with Crippen LogP contribution in [-0.2, 0) is 4.79 Å². The van der Waals surface area contributed by atoms with Gasteiger partial charge in [0.2, 0.25) is 5.12 Å². The highest BCUT2D eigenvalue weighted by atomic mass is 32.2. The van der Waals surface area contributed by atoms with Crippen molar-refractivity contribution in [1.82, 2.24) is 15.3 Å². The Morgan fingerprint density at radius 3 is 2.79 bits per heavy atom. The van der Waals surface area contributed by atoms with Crippen LogP contribution in [0.2, 0.25) is 0 Å². The average Bonchev–Trinajstić information content (AvgIpc) is 3.15. The van der Waals surface area contributed by atoms with E-state index < -0.39 is 0 Å². The fourth-order valence-corrected chi connectivity index (χ4v) is 3.02. The minimum absolute atomic E-state index is 0.0431. The fraction of sp³-hybridized carbons (Fsp3) is 0.538. The standard InChI is InChI=1S/C13H15N3O2S/c1-7-6-10(15-11(14-7)8-2-3-8)12(17)16-9-4-5-19-13(9)18/h6,8-9H,2-5H2,1H3,(H,16,17). The van der Waals surface area contributed by atoms with Crippen molar-refractivity contribution in [3.8, 4) is 0 Å². The Morgan fingerprint density at radius 1 is 1.37 bits per heavy atom. The van der Waals surface area contributed by atoms with Crippen molar-refractivity contribution < 1.29 is 9.59 Å². The second-order valence-corrected chi connectivity index (χ2v) is 6.11. The molecule has 1 aliphatic carbocycles. The highest BCUT2D eigenvalue weighted by Gasteiger charge is 2.30. The van der Waals surface area contributed by atoms with Crippen molar-refractivity contribution in [2.24, 2.45) is 0 Å². The number of aryl methyl sites for hydroxylation is 1. The number of nitrogens with one attached hydrogen (secondary N) is 1. The second kappa shape index (κ2) is 4.92. The summed E-state index contributed by atoms with van der Waals surface area (Å²) in [7, 11) is 0. The predicted octanol–water partition coefficient (Wildman–Crippen LogP) is 1.42. The molecule has 1 aromatic heterocycles. The molecule has 0 bridgehead atoms. The maximum atomic E-state index is 12.1. The van der Waals surface area contributed by atoms with Gasteiger partial charge < -0.3 is 5.32 Å². The van der Waals surface area contributed by atoms with E-state index in [1.165, 1.54) is 11.8 Å². The number of hydrogen-bond donors (Lipinski definition) is 1. The summed E-state index contributed by atoms with van der Waals surface area (Å²) in [6, 6.07) is 1.31. The molecule has 0 spiro atoms. The number of carbonyl (C=O) groups excluding carboxylic acids is 2. The van der Waals surface area contributed by atoms with Gasteiger partial charge in [0.15, 0.2) is 0 Å². The molecule has 1 unspecified atom stereocenters. The van der Waals surface area contributed by atoms with E-state index in [-0.39, 0.29) is 17.1 Å². The number of aromatic nitrogens is 2. The Morgan fingerprint density at radius 2 is 2.16 bits per heavy atom. The normalized spacial score (nSPS) is 22.6. The zero-order valence-corrected chi connectivity index (χ0v) is 11.5. The smallest absolute Gasteiger partial charge is 0.270 e. The molecule has 1 saturated heterocycles. The van der Waals surface area contributed by atoms with Crippen LogP contribution in [0.4, 0.5) is 0 Å². The molecule has 3 rings (SSSR count). The van der Waals surface area contributed by atoms with Crippen molar-refractivity contribution in [1.29, 1.82) is 0 Å². The van der Waals surface area contributed by atoms with Gasteiger partial charge in [-0.25, -0.2) is 9.97 Å². The van der Waals surface area contributed by atoms with Crippen molar-refractivity contribution in [3.63, 3.8) is 0 Å². The molecule has 5 nitrogen and oxygen atoms in total. The summed E-state index contributed by atoms with van der Waals surface area (Å²) in [4.78, 5) is 32.3. The van der Waals surface area contributed by atoms with E-state index in [2.05, 4.69) is 15.3 Å². The molecular formula is C13H15N3O2S. The molecule has 1 saturated carbocycles. The minimum Gasteiger partial charge on any atom is -0.340 e. The van der Waals surface area contributed by atoms with Gasteiger partial charge in [-0.1, -0.05) is 11.8 Å². The molecule has 2 heterocycles. The van der Waals surface area contributed by atoms with E-state index in [4.69, 9.17) is 0 Å². The van der Waals surface area contributed by atoms with Crippen LogP contribution >= 0.6 is 11.8 Å². The van der Waals surface area contributed by atoms with Crippen LogP contribution in [0.1, 0.15) is 47.2 Å². The van der Waals surface area contributed by atoms with Gasteiger partial charge in [-0.05, 0) is 32.3 Å². The van der Waals surface area contributed by atoms with Crippen LogP contribution in [0.25, 0.3) is 0 Å². The number of rotatable bonds is 3. The third-order valence-corrected chi connectivity index (χ3v) is 4.30. The molecule has 100 valence electrons. The lowest BCUT2D eigenvalue weighted by atomic mass is 10.2. The first kappa shape index (κ1) is 12.6. The molecule has 1 atom stereocenters. The maximum absolute atomic E-state index is 12.1. The molecule has 1 N–H and O–H groups in total. The van der Waals surface area contributed by atoms with Gasteiger partial charge in [0.25, 0.3) is 5.91 Å². The molecule has 0 aromatic carbocycles. The summed E-state index contributed by atoms with van der Waals surface area (Å²) < 4.78 is 0. The van der Waals surface area contributed by atoms with E-state index in [1.54, 1.807) is 6.07 Å². The first-order chi connectivity index (χ1) is 9.13. The first-order valence-electron chi connectivity index (χ1n) is 6.46. The highest BCUT2D eigenvalue weighted by Crippen LogP contribution is 2.38. The molecular weight excluding hydrogens is 262 g/mol. The van der Waals surface area contributed by atoms with Crippen LogP contribution in [0.15, 0.2) is 6.07 Å². The van der Waals surface area contributed by atoms with Gasteiger partial charge in [0.1, 0.15) is 11.5 Å². The summed E-state index contributed by atoms with van der Waals surface area (Å²) in [6.45, 7) is 1.86. The summed E-state index contributed by atoms with van der Waals surface area (Å²) in [5.74, 6) is 1.68. The summed E-state index contributed by atoms with van der Waals surface area (Å²) in [6.07, 6.45) is 2.90. The Bertz CT molecular complexity index is 543.